The van der Waals surface area contributed by atoms with E-state index in [1.165, 1.54) is 0 Å². The summed E-state index contributed by atoms with van der Waals surface area (Å²) in [4.78, 5) is 24.4. The Bertz CT molecular complexity index is 293. The highest BCUT2D eigenvalue weighted by molar-refractivity contribution is 5.89. The molecule has 0 bridgehead atoms. The number of carbonyl (C=O) groups excluding carboxylic acids is 2. The van der Waals surface area contributed by atoms with Gasteiger partial charge in [-0.3, -0.25) is 9.59 Å². The van der Waals surface area contributed by atoms with Gasteiger partial charge in [-0.25, -0.2) is 0 Å². The van der Waals surface area contributed by atoms with Gasteiger partial charge in [-0.05, 0) is 26.7 Å². The van der Waals surface area contributed by atoms with E-state index in [4.69, 9.17) is 5.73 Å². The number of piperidine rings is 1. The number of nitrogens with zero attached hydrogens (tertiary/aromatic N) is 1. The van der Waals surface area contributed by atoms with Gasteiger partial charge >= 0.3 is 0 Å². The van der Waals surface area contributed by atoms with E-state index in [0.29, 0.717) is 6.54 Å². The van der Waals surface area contributed by atoms with Crippen molar-refractivity contribution in [2.45, 2.75) is 26.7 Å². The molecular weight excluding hydrogens is 192 g/mol. The van der Waals surface area contributed by atoms with E-state index in [1.807, 2.05) is 13.8 Å². The largest absolute Gasteiger partial charge is 0.369 e. The lowest BCUT2D eigenvalue weighted by Crippen LogP contribution is -2.43. The van der Waals surface area contributed by atoms with Gasteiger partial charge in [0.05, 0.1) is 5.92 Å². The Morgan fingerprint density at radius 2 is 2.07 bits per heavy atom. The number of nitrogens with two attached hydrogens (primary N) is 1. The minimum atomic E-state index is -0.301. The van der Waals surface area contributed by atoms with Crippen molar-refractivity contribution in [1.82, 2.24) is 4.90 Å². The molecule has 4 heteroatoms. The first-order valence-corrected chi connectivity index (χ1v) is 5.24. The minimum absolute atomic E-state index is 0.0130. The second-order valence-electron chi connectivity index (χ2n) is 4.25. The van der Waals surface area contributed by atoms with Gasteiger partial charge in [0, 0.05) is 19.2 Å². The van der Waals surface area contributed by atoms with Crippen LogP contribution in [-0.4, -0.2) is 29.8 Å². The van der Waals surface area contributed by atoms with E-state index in [-0.39, 0.29) is 17.7 Å². The molecule has 0 aromatic heterocycles. The third-order valence-corrected chi connectivity index (χ3v) is 2.55. The molecule has 1 saturated heterocycles. The van der Waals surface area contributed by atoms with Crippen LogP contribution in [0.2, 0.25) is 0 Å². The van der Waals surface area contributed by atoms with Gasteiger partial charge in [0.1, 0.15) is 0 Å². The van der Waals surface area contributed by atoms with Crippen LogP contribution >= 0.6 is 0 Å². The second kappa shape index (κ2) is 4.96. The van der Waals surface area contributed by atoms with Crippen LogP contribution in [0.5, 0.6) is 0 Å². The zero-order valence-corrected chi connectivity index (χ0v) is 9.32. The Hall–Kier alpha value is -1.32. The maximum absolute atomic E-state index is 11.7. The molecule has 2 amide bonds. The highest BCUT2D eigenvalue weighted by Gasteiger charge is 2.25. The summed E-state index contributed by atoms with van der Waals surface area (Å²) in [5.41, 5.74) is 6.21. The van der Waals surface area contributed by atoms with E-state index in [2.05, 4.69) is 0 Å². The zero-order valence-electron chi connectivity index (χ0n) is 9.32. The number of likely N-dealkylation sites (tertiary alicyclic amines) is 1. The predicted octanol–water partition coefficient (Wildman–Crippen LogP) is 0.676. The van der Waals surface area contributed by atoms with Gasteiger partial charge in [0.2, 0.25) is 11.8 Å². The number of hydrogen-bond donors (Lipinski definition) is 1. The molecule has 1 atom stereocenters. The highest BCUT2D eigenvalue weighted by Crippen LogP contribution is 2.16. The fraction of sp³-hybridized carbons (Fsp3) is 0.636. The maximum Gasteiger partial charge on any atom is 0.246 e. The molecule has 0 aliphatic carbocycles. The quantitative estimate of drug-likeness (QED) is 0.681. The van der Waals surface area contributed by atoms with Crippen molar-refractivity contribution < 1.29 is 9.59 Å². The molecular formula is C11H18N2O2. The van der Waals surface area contributed by atoms with Crippen molar-refractivity contribution in [3.63, 3.8) is 0 Å². The van der Waals surface area contributed by atoms with Crippen LogP contribution in [0.25, 0.3) is 0 Å². The monoisotopic (exact) mass is 210 g/mol. The number of amides is 2. The van der Waals surface area contributed by atoms with Crippen molar-refractivity contribution in [3.05, 3.63) is 11.6 Å². The van der Waals surface area contributed by atoms with Gasteiger partial charge in [-0.2, -0.15) is 0 Å². The van der Waals surface area contributed by atoms with Crippen molar-refractivity contribution >= 4 is 11.8 Å². The summed E-state index contributed by atoms with van der Waals surface area (Å²) in [5, 5.41) is 0. The standard InChI is InChI=1S/C11H18N2O2/c1-8(2)6-10(14)13-5-3-4-9(7-13)11(12)15/h6,9H,3-5,7H2,1-2H3,(H2,12,15). The van der Waals surface area contributed by atoms with Crippen LogP contribution in [-0.2, 0) is 9.59 Å². The van der Waals surface area contributed by atoms with Crippen molar-refractivity contribution in [2.75, 3.05) is 13.1 Å². The van der Waals surface area contributed by atoms with E-state index in [0.717, 1.165) is 25.0 Å². The first kappa shape index (κ1) is 11.8. The van der Waals surface area contributed by atoms with Gasteiger partial charge < -0.3 is 10.6 Å². The number of primary amides is 1. The molecule has 2 N–H and O–H groups in total. The molecule has 1 aliphatic heterocycles. The lowest BCUT2D eigenvalue weighted by molar-refractivity contribution is -0.130. The Kier molecular flexibility index (Phi) is 3.88. The molecule has 84 valence electrons. The summed E-state index contributed by atoms with van der Waals surface area (Å²) in [6, 6.07) is 0. The highest BCUT2D eigenvalue weighted by atomic mass is 16.2. The number of carbonyl (C=O) groups is 2. The fourth-order valence-electron chi connectivity index (χ4n) is 1.75. The second-order valence-corrected chi connectivity index (χ2v) is 4.25. The third-order valence-electron chi connectivity index (χ3n) is 2.55. The summed E-state index contributed by atoms with van der Waals surface area (Å²) < 4.78 is 0. The molecule has 1 fully saturated rings. The molecule has 15 heavy (non-hydrogen) atoms. The molecule has 0 aromatic rings. The maximum atomic E-state index is 11.7. The van der Waals surface area contributed by atoms with Gasteiger partial charge in [0.25, 0.3) is 0 Å². The smallest absolute Gasteiger partial charge is 0.246 e. The van der Waals surface area contributed by atoms with E-state index in [1.54, 1.807) is 11.0 Å². The lowest BCUT2D eigenvalue weighted by Gasteiger charge is -2.30. The molecule has 4 nitrogen and oxygen atoms in total. The fourth-order valence-corrected chi connectivity index (χ4v) is 1.75. The molecule has 1 aliphatic rings. The Morgan fingerprint density at radius 3 is 2.60 bits per heavy atom. The minimum Gasteiger partial charge on any atom is -0.369 e. The Morgan fingerprint density at radius 1 is 1.40 bits per heavy atom. The van der Waals surface area contributed by atoms with Crippen LogP contribution < -0.4 is 5.73 Å². The molecule has 1 rings (SSSR count). The van der Waals surface area contributed by atoms with Crippen LogP contribution in [0.3, 0.4) is 0 Å². The van der Waals surface area contributed by atoms with Crippen molar-refractivity contribution in [2.24, 2.45) is 11.7 Å². The molecule has 0 saturated carbocycles. The first-order valence-electron chi connectivity index (χ1n) is 5.24. The lowest BCUT2D eigenvalue weighted by atomic mass is 9.97. The van der Waals surface area contributed by atoms with Gasteiger partial charge in [-0.15, -0.1) is 0 Å². The Balaban J connectivity index is 2.60. The Labute approximate surface area is 90.1 Å². The normalized spacial score (nSPS) is 20.9. The topological polar surface area (TPSA) is 63.4 Å². The molecule has 1 unspecified atom stereocenters. The predicted molar refractivity (Wildman–Crippen MR) is 57.9 cm³/mol. The number of allylic oxidation sites excluding steroid dienone is 1. The van der Waals surface area contributed by atoms with Gasteiger partial charge in [0.15, 0.2) is 0 Å². The van der Waals surface area contributed by atoms with Gasteiger partial charge in [-0.1, -0.05) is 5.57 Å². The van der Waals surface area contributed by atoms with Crippen molar-refractivity contribution in [3.8, 4) is 0 Å². The van der Waals surface area contributed by atoms with Crippen molar-refractivity contribution in [1.29, 1.82) is 0 Å². The molecule has 0 spiro atoms. The summed E-state index contributed by atoms with van der Waals surface area (Å²) in [5.74, 6) is -0.487. The number of rotatable bonds is 2. The van der Waals surface area contributed by atoms with Crippen LogP contribution in [0.1, 0.15) is 26.7 Å². The van der Waals surface area contributed by atoms with Crippen LogP contribution in [0, 0.1) is 5.92 Å². The van der Waals surface area contributed by atoms with E-state index >= 15 is 0 Å². The number of hydrogen-bond acceptors (Lipinski definition) is 2. The SMILES string of the molecule is CC(C)=CC(=O)N1CCCC(C(N)=O)C1. The summed E-state index contributed by atoms with van der Waals surface area (Å²) in [7, 11) is 0. The zero-order chi connectivity index (χ0) is 11.4. The molecule has 0 radical (unpaired) electrons. The van der Waals surface area contributed by atoms with Crippen LogP contribution in [0.4, 0.5) is 0 Å². The summed E-state index contributed by atoms with van der Waals surface area (Å²) >= 11 is 0. The summed E-state index contributed by atoms with van der Waals surface area (Å²) in [6.45, 7) is 4.96. The average Bonchev–Trinajstić information content (AvgIpc) is 2.17. The third kappa shape index (κ3) is 3.38. The first-order chi connectivity index (χ1) is 7.00. The summed E-state index contributed by atoms with van der Waals surface area (Å²) in [6.07, 6.45) is 3.26. The molecule has 1 heterocycles. The van der Waals surface area contributed by atoms with Crippen LogP contribution in [0.15, 0.2) is 11.6 Å². The molecule has 0 aromatic carbocycles. The average molecular weight is 210 g/mol. The van der Waals surface area contributed by atoms with E-state index in [9.17, 15) is 9.59 Å². The van der Waals surface area contributed by atoms with E-state index < -0.39 is 0 Å².